The zero-order valence-electron chi connectivity index (χ0n) is 12.6. The van der Waals surface area contributed by atoms with Gasteiger partial charge in [-0.1, -0.05) is 6.92 Å². The van der Waals surface area contributed by atoms with Crippen molar-refractivity contribution in [2.75, 3.05) is 19.1 Å². The van der Waals surface area contributed by atoms with E-state index in [1.165, 1.54) is 7.11 Å². The Kier molecular flexibility index (Phi) is 7.80. The van der Waals surface area contributed by atoms with E-state index in [9.17, 15) is 9.59 Å². The van der Waals surface area contributed by atoms with E-state index in [0.717, 1.165) is 37.4 Å². The van der Waals surface area contributed by atoms with Gasteiger partial charge in [-0.05, 0) is 50.0 Å². The van der Waals surface area contributed by atoms with Gasteiger partial charge in [-0.25, -0.2) is 9.59 Å². The number of nitrogens with one attached hydrogen (secondary N) is 2. The van der Waals surface area contributed by atoms with Crippen molar-refractivity contribution in [1.29, 1.82) is 0 Å². The highest BCUT2D eigenvalue weighted by Gasteiger charge is 2.24. The van der Waals surface area contributed by atoms with Crippen molar-refractivity contribution >= 4 is 23.8 Å². The molecule has 0 bridgehead atoms. The third kappa shape index (κ3) is 6.03. The second kappa shape index (κ2) is 9.10. The van der Waals surface area contributed by atoms with Crippen molar-refractivity contribution in [1.82, 2.24) is 10.6 Å². The van der Waals surface area contributed by atoms with E-state index in [2.05, 4.69) is 17.6 Å². The maximum Gasteiger partial charge on any atom is 0.328 e. The van der Waals surface area contributed by atoms with Crippen LogP contribution < -0.4 is 10.6 Å². The van der Waals surface area contributed by atoms with E-state index in [1.807, 2.05) is 6.26 Å². The number of hydrogen-bond acceptors (Lipinski definition) is 4. The van der Waals surface area contributed by atoms with Crippen molar-refractivity contribution in [2.24, 2.45) is 5.92 Å². The fourth-order valence-corrected chi connectivity index (χ4v) is 2.89. The second-order valence-corrected chi connectivity index (χ2v) is 6.42. The molecule has 1 fully saturated rings. The van der Waals surface area contributed by atoms with Gasteiger partial charge in [0.1, 0.15) is 6.04 Å². The highest BCUT2D eigenvalue weighted by atomic mass is 32.2. The fraction of sp³-hybridized carbons (Fsp3) is 0.857. The molecule has 20 heavy (non-hydrogen) atoms. The smallest absolute Gasteiger partial charge is 0.328 e. The molecule has 0 aromatic rings. The summed E-state index contributed by atoms with van der Waals surface area (Å²) < 4.78 is 4.72. The second-order valence-electron chi connectivity index (χ2n) is 5.43. The summed E-state index contributed by atoms with van der Waals surface area (Å²) >= 11 is 1.64. The summed E-state index contributed by atoms with van der Waals surface area (Å²) in [5.74, 6) is 1.17. The normalized spacial score (nSPS) is 23.8. The van der Waals surface area contributed by atoms with E-state index in [4.69, 9.17) is 4.74 Å². The van der Waals surface area contributed by atoms with Crippen LogP contribution >= 0.6 is 11.8 Å². The molecule has 1 aliphatic carbocycles. The molecule has 5 nitrogen and oxygen atoms in total. The molecule has 1 aliphatic rings. The molecule has 1 rings (SSSR count). The summed E-state index contributed by atoms with van der Waals surface area (Å²) in [6.07, 6.45) is 6.89. The van der Waals surface area contributed by atoms with Gasteiger partial charge in [-0.15, -0.1) is 0 Å². The van der Waals surface area contributed by atoms with Gasteiger partial charge >= 0.3 is 12.0 Å². The van der Waals surface area contributed by atoms with Gasteiger partial charge in [0.05, 0.1) is 7.11 Å². The Morgan fingerprint density at radius 3 is 2.50 bits per heavy atom. The fourth-order valence-electron chi connectivity index (χ4n) is 2.42. The molecule has 0 radical (unpaired) electrons. The molecular weight excluding hydrogens is 276 g/mol. The van der Waals surface area contributed by atoms with Crippen molar-refractivity contribution in [3.8, 4) is 0 Å². The van der Waals surface area contributed by atoms with E-state index in [1.54, 1.807) is 11.8 Å². The minimum absolute atomic E-state index is 0.227. The number of carbonyl (C=O) groups is 2. The predicted molar refractivity (Wildman–Crippen MR) is 81.9 cm³/mol. The molecule has 2 N–H and O–H groups in total. The van der Waals surface area contributed by atoms with Crippen LogP contribution in [-0.4, -0.2) is 43.2 Å². The standard InChI is InChI=1S/C14H26N2O3S/c1-10-4-6-11(7-5-10)15-14(18)16-12(8-9-20-3)13(17)19-2/h10-12H,4-9H2,1-3H3,(H2,15,16,18). The van der Waals surface area contributed by atoms with Gasteiger partial charge in [-0.2, -0.15) is 11.8 Å². The van der Waals surface area contributed by atoms with E-state index >= 15 is 0 Å². The maximum atomic E-state index is 11.9. The number of urea groups is 1. The number of ether oxygens (including phenoxy) is 1. The first-order valence-corrected chi connectivity index (χ1v) is 8.60. The average molecular weight is 302 g/mol. The zero-order chi connectivity index (χ0) is 15.0. The molecule has 0 aliphatic heterocycles. The lowest BCUT2D eigenvalue weighted by molar-refractivity contribution is -0.142. The van der Waals surface area contributed by atoms with Gasteiger partial charge < -0.3 is 15.4 Å². The molecule has 116 valence electrons. The Morgan fingerprint density at radius 1 is 1.30 bits per heavy atom. The first-order chi connectivity index (χ1) is 9.56. The van der Waals surface area contributed by atoms with Gasteiger partial charge in [0.2, 0.25) is 0 Å². The summed E-state index contributed by atoms with van der Waals surface area (Å²) in [7, 11) is 1.34. The van der Waals surface area contributed by atoms with Crippen LogP contribution in [0.4, 0.5) is 4.79 Å². The quantitative estimate of drug-likeness (QED) is 0.738. The van der Waals surface area contributed by atoms with Crippen molar-refractivity contribution in [2.45, 2.75) is 51.1 Å². The largest absolute Gasteiger partial charge is 0.467 e. The molecule has 1 saturated carbocycles. The molecule has 0 heterocycles. The molecule has 0 saturated heterocycles. The van der Waals surface area contributed by atoms with E-state index < -0.39 is 6.04 Å². The number of esters is 1. The van der Waals surface area contributed by atoms with Gasteiger partial charge in [0, 0.05) is 6.04 Å². The first-order valence-electron chi connectivity index (χ1n) is 7.20. The van der Waals surface area contributed by atoms with Crippen LogP contribution in [0.5, 0.6) is 0 Å². The predicted octanol–water partition coefficient (Wildman–Crippen LogP) is 2.16. The minimum atomic E-state index is -0.560. The Balaban J connectivity index is 2.38. The topological polar surface area (TPSA) is 67.4 Å². The molecule has 0 aromatic heterocycles. The van der Waals surface area contributed by atoms with E-state index in [0.29, 0.717) is 6.42 Å². The summed E-state index contributed by atoms with van der Waals surface area (Å²) in [6.45, 7) is 2.24. The monoisotopic (exact) mass is 302 g/mol. The van der Waals surface area contributed by atoms with Gasteiger partial charge in [0.25, 0.3) is 0 Å². The Hall–Kier alpha value is -0.910. The molecular formula is C14H26N2O3S. The molecule has 0 aromatic carbocycles. The van der Waals surface area contributed by atoms with Crippen LogP contribution in [-0.2, 0) is 9.53 Å². The number of methoxy groups -OCH3 is 1. The Bertz CT molecular complexity index is 318. The Labute approximate surface area is 125 Å². The number of rotatable bonds is 6. The van der Waals surface area contributed by atoms with Crippen LogP contribution in [0.3, 0.4) is 0 Å². The van der Waals surface area contributed by atoms with Gasteiger partial charge in [-0.3, -0.25) is 0 Å². The number of thioether (sulfide) groups is 1. The highest BCUT2D eigenvalue weighted by Crippen LogP contribution is 2.23. The third-order valence-corrected chi connectivity index (χ3v) is 4.40. The third-order valence-electron chi connectivity index (χ3n) is 3.75. The molecule has 1 unspecified atom stereocenters. The van der Waals surface area contributed by atoms with Crippen LogP contribution in [0.2, 0.25) is 0 Å². The van der Waals surface area contributed by atoms with Crippen LogP contribution in [0.1, 0.15) is 39.0 Å². The SMILES string of the molecule is COC(=O)C(CCSC)NC(=O)NC1CCC(C)CC1. The average Bonchev–Trinajstić information content (AvgIpc) is 2.45. The summed E-state index contributed by atoms with van der Waals surface area (Å²) in [5.41, 5.74) is 0. The lowest BCUT2D eigenvalue weighted by atomic mass is 9.87. The Morgan fingerprint density at radius 2 is 1.95 bits per heavy atom. The van der Waals surface area contributed by atoms with Crippen molar-refractivity contribution in [3.63, 3.8) is 0 Å². The minimum Gasteiger partial charge on any atom is -0.467 e. The number of hydrogen-bond donors (Lipinski definition) is 2. The van der Waals surface area contributed by atoms with Crippen molar-refractivity contribution < 1.29 is 14.3 Å². The van der Waals surface area contributed by atoms with Crippen LogP contribution in [0, 0.1) is 5.92 Å². The summed E-state index contributed by atoms with van der Waals surface area (Å²) in [6, 6.07) is -0.596. The van der Waals surface area contributed by atoms with E-state index in [-0.39, 0.29) is 18.0 Å². The molecule has 6 heteroatoms. The molecule has 2 amide bonds. The maximum absolute atomic E-state index is 11.9. The lowest BCUT2D eigenvalue weighted by Crippen LogP contribution is -2.50. The number of amides is 2. The first kappa shape index (κ1) is 17.1. The highest BCUT2D eigenvalue weighted by molar-refractivity contribution is 7.98. The summed E-state index contributed by atoms with van der Waals surface area (Å²) in [5, 5.41) is 5.68. The lowest BCUT2D eigenvalue weighted by Gasteiger charge is -2.27. The number of carbonyl (C=O) groups excluding carboxylic acids is 2. The summed E-state index contributed by atoms with van der Waals surface area (Å²) in [4.78, 5) is 23.6. The van der Waals surface area contributed by atoms with Crippen molar-refractivity contribution in [3.05, 3.63) is 0 Å². The van der Waals surface area contributed by atoms with Gasteiger partial charge in [0.15, 0.2) is 0 Å². The van der Waals surface area contributed by atoms with Crippen LogP contribution in [0.15, 0.2) is 0 Å². The zero-order valence-corrected chi connectivity index (χ0v) is 13.4. The molecule has 1 atom stereocenters. The van der Waals surface area contributed by atoms with Crippen LogP contribution in [0.25, 0.3) is 0 Å². The molecule has 0 spiro atoms.